The summed E-state index contributed by atoms with van der Waals surface area (Å²) >= 11 is 0. The Labute approximate surface area is 113 Å². The van der Waals surface area contributed by atoms with Gasteiger partial charge in [-0.15, -0.1) is 0 Å². The molecule has 2 rings (SSSR count). The summed E-state index contributed by atoms with van der Waals surface area (Å²) in [7, 11) is 0. The van der Waals surface area contributed by atoms with E-state index in [9.17, 15) is 18.9 Å². The second-order valence-electron chi connectivity index (χ2n) is 4.28. The van der Waals surface area contributed by atoms with E-state index in [2.05, 4.69) is 15.5 Å². The van der Waals surface area contributed by atoms with Crippen molar-refractivity contribution in [2.75, 3.05) is 5.32 Å². The molecule has 8 heteroatoms. The van der Waals surface area contributed by atoms with Gasteiger partial charge < -0.3 is 5.32 Å². The average molecular weight is 282 g/mol. The van der Waals surface area contributed by atoms with Crippen LogP contribution in [0.15, 0.2) is 12.1 Å². The Morgan fingerprint density at radius 2 is 2.10 bits per heavy atom. The normalized spacial score (nSPS) is 10.6. The number of hydrogen-bond donors (Lipinski definition) is 2. The molecule has 0 amide bonds. The van der Waals surface area contributed by atoms with Crippen molar-refractivity contribution in [3.05, 3.63) is 50.8 Å². The Bertz CT molecular complexity index is 650. The van der Waals surface area contributed by atoms with Gasteiger partial charge in [-0.05, 0) is 19.9 Å². The van der Waals surface area contributed by atoms with Gasteiger partial charge in [-0.25, -0.2) is 8.78 Å². The second-order valence-corrected chi connectivity index (χ2v) is 4.28. The van der Waals surface area contributed by atoms with E-state index in [0.29, 0.717) is 5.69 Å². The summed E-state index contributed by atoms with van der Waals surface area (Å²) in [5.41, 5.74) is 1.23. The topological polar surface area (TPSA) is 83.8 Å². The van der Waals surface area contributed by atoms with Crippen LogP contribution in [-0.4, -0.2) is 15.1 Å². The fraction of sp³-hybridized carbons (Fsp3) is 0.250. The molecule has 0 saturated heterocycles. The minimum absolute atomic E-state index is 0.107. The molecule has 1 aromatic heterocycles. The summed E-state index contributed by atoms with van der Waals surface area (Å²) in [5, 5.41) is 20.1. The van der Waals surface area contributed by atoms with Crippen molar-refractivity contribution in [3.8, 4) is 0 Å². The first-order chi connectivity index (χ1) is 9.41. The fourth-order valence-electron chi connectivity index (χ4n) is 1.87. The van der Waals surface area contributed by atoms with Crippen molar-refractivity contribution < 1.29 is 13.7 Å². The molecule has 0 fully saturated rings. The third-order valence-corrected chi connectivity index (χ3v) is 2.99. The summed E-state index contributed by atoms with van der Waals surface area (Å²) in [6.07, 6.45) is 0. The van der Waals surface area contributed by atoms with Crippen LogP contribution in [0.2, 0.25) is 0 Å². The summed E-state index contributed by atoms with van der Waals surface area (Å²) in [4.78, 5) is 10.1. The molecule has 0 atom stereocenters. The molecule has 20 heavy (non-hydrogen) atoms. The van der Waals surface area contributed by atoms with E-state index in [4.69, 9.17) is 0 Å². The van der Waals surface area contributed by atoms with Crippen LogP contribution in [-0.2, 0) is 6.54 Å². The van der Waals surface area contributed by atoms with E-state index >= 15 is 0 Å². The molecule has 0 saturated carbocycles. The number of nitrogens with zero attached hydrogens (tertiary/aromatic N) is 2. The number of H-pyrrole nitrogens is 1. The average Bonchev–Trinajstić information content (AvgIpc) is 2.71. The number of rotatable bonds is 4. The van der Waals surface area contributed by atoms with Gasteiger partial charge in [-0.1, -0.05) is 0 Å². The molecular formula is C12H12F2N4O2. The van der Waals surface area contributed by atoms with E-state index in [1.165, 1.54) is 0 Å². The number of benzene rings is 1. The monoisotopic (exact) mass is 282 g/mol. The van der Waals surface area contributed by atoms with Crippen LogP contribution in [0.25, 0.3) is 0 Å². The summed E-state index contributed by atoms with van der Waals surface area (Å²) in [6, 6.07) is 1.66. The number of nitrogens with one attached hydrogen (secondary N) is 2. The number of hydrogen-bond acceptors (Lipinski definition) is 4. The third-order valence-electron chi connectivity index (χ3n) is 2.99. The van der Waals surface area contributed by atoms with Crippen LogP contribution >= 0.6 is 0 Å². The smallest absolute Gasteiger partial charge is 0.295 e. The van der Waals surface area contributed by atoms with E-state index in [0.717, 1.165) is 23.4 Å². The Balaban J connectivity index is 2.34. The highest BCUT2D eigenvalue weighted by molar-refractivity contribution is 5.62. The van der Waals surface area contributed by atoms with Crippen LogP contribution in [0.4, 0.5) is 20.2 Å². The molecule has 0 bridgehead atoms. The largest absolute Gasteiger partial charge is 0.373 e. The molecule has 0 aliphatic rings. The second kappa shape index (κ2) is 5.24. The summed E-state index contributed by atoms with van der Waals surface area (Å²) in [5.74, 6) is -2.41. The first-order valence-corrected chi connectivity index (χ1v) is 5.78. The van der Waals surface area contributed by atoms with Crippen molar-refractivity contribution in [1.82, 2.24) is 10.2 Å². The summed E-state index contributed by atoms with van der Waals surface area (Å²) < 4.78 is 26.9. The number of aromatic nitrogens is 2. The zero-order valence-electron chi connectivity index (χ0n) is 10.8. The molecule has 2 aromatic rings. The van der Waals surface area contributed by atoms with Gasteiger partial charge in [0.05, 0.1) is 10.6 Å². The molecule has 1 heterocycles. The van der Waals surface area contributed by atoms with Crippen molar-refractivity contribution >= 4 is 11.4 Å². The molecule has 0 aliphatic heterocycles. The van der Waals surface area contributed by atoms with Crippen molar-refractivity contribution in [2.45, 2.75) is 20.4 Å². The van der Waals surface area contributed by atoms with Gasteiger partial charge in [0.25, 0.3) is 5.69 Å². The van der Waals surface area contributed by atoms with E-state index < -0.39 is 27.9 Å². The molecule has 0 unspecified atom stereocenters. The maximum absolute atomic E-state index is 13.7. The maximum Gasteiger partial charge on any atom is 0.295 e. The lowest BCUT2D eigenvalue weighted by Crippen LogP contribution is -2.07. The van der Waals surface area contributed by atoms with Gasteiger partial charge in [0, 0.05) is 23.9 Å². The van der Waals surface area contributed by atoms with Crippen LogP contribution in [0, 0.1) is 35.6 Å². The minimum atomic E-state index is -1.27. The number of aromatic amines is 1. The highest BCUT2D eigenvalue weighted by Gasteiger charge is 2.21. The first-order valence-electron chi connectivity index (χ1n) is 5.78. The van der Waals surface area contributed by atoms with Gasteiger partial charge in [0.1, 0.15) is 0 Å². The molecule has 2 N–H and O–H groups in total. The molecule has 0 radical (unpaired) electrons. The summed E-state index contributed by atoms with van der Waals surface area (Å²) in [6.45, 7) is 3.62. The van der Waals surface area contributed by atoms with Crippen LogP contribution in [0.1, 0.15) is 17.0 Å². The fourth-order valence-corrected chi connectivity index (χ4v) is 1.87. The Hall–Kier alpha value is -2.51. The first kappa shape index (κ1) is 13.9. The lowest BCUT2D eigenvalue weighted by atomic mass is 10.2. The number of nitro benzene ring substituents is 1. The predicted molar refractivity (Wildman–Crippen MR) is 68.4 cm³/mol. The van der Waals surface area contributed by atoms with Crippen LogP contribution in [0.3, 0.4) is 0 Å². The highest BCUT2D eigenvalue weighted by atomic mass is 19.2. The van der Waals surface area contributed by atoms with E-state index in [1.54, 1.807) is 13.8 Å². The van der Waals surface area contributed by atoms with Crippen LogP contribution in [0.5, 0.6) is 0 Å². The zero-order valence-corrected chi connectivity index (χ0v) is 10.8. The van der Waals surface area contributed by atoms with Gasteiger partial charge in [0.2, 0.25) is 0 Å². The standard InChI is InChI=1S/C12H12F2N4O2/c1-6-8(7(2)17-16-6)5-15-12-10(18(19)20)4-3-9(13)11(12)14/h3-4,15H,5H2,1-2H3,(H,16,17). The molecule has 6 nitrogen and oxygen atoms in total. The third kappa shape index (κ3) is 2.44. The molecule has 0 spiro atoms. The molecule has 1 aromatic carbocycles. The van der Waals surface area contributed by atoms with Crippen LogP contribution < -0.4 is 5.32 Å². The number of halogens is 2. The van der Waals surface area contributed by atoms with Crippen molar-refractivity contribution in [2.24, 2.45) is 0 Å². The lowest BCUT2D eigenvalue weighted by molar-refractivity contribution is -0.384. The maximum atomic E-state index is 13.7. The molecule has 106 valence electrons. The number of nitro groups is 1. The molecule has 0 aliphatic carbocycles. The highest BCUT2D eigenvalue weighted by Crippen LogP contribution is 2.29. The van der Waals surface area contributed by atoms with Gasteiger partial charge in [0.15, 0.2) is 17.3 Å². The van der Waals surface area contributed by atoms with E-state index in [-0.39, 0.29) is 6.54 Å². The molecular weight excluding hydrogens is 270 g/mol. The quantitative estimate of drug-likeness (QED) is 0.667. The SMILES string of the molecule is Cc1n[nH]c(C)c1CNc1c([N+](=O)[O-])ccc(F)c1F. The number of aryl methyl sites for hydroxylation is 2. The Kier molecular flexibility index (Phi) is 3.64. The number of anilines is 1. The lowest BCUT2D eigenvalue weighted by Gasteiger charge is -2.09. The Morgan fingerprint density at radius 3 is 2.65 bits per heavy atom. The Morgan fingerprint density at radius 1 is 1.40 bits per heavy atom. The van der Waals surface area contributed by atoms with Crippen molar-refractivity contribution in [1.29, 1.82) is 0 Å². The van der Waals surface area contributed by atoms with Crippen molar-refractivity contribution in [3.63, 3.8) is 0 Å². The zero-order chi connectivity index (χ0) is 14.9. The minimum Gasteiger partial charge on any atom is -0.373 e. The van der Waals surface area contributed by atoms with Gasteiger partial charge in [-0.2, -0.15) is 5.10 Å². The predicted octanol–water partition coefficient (Wildman–Crippen LogP) is 2.83. The van der Waals surface area contributed by atoms with E-state index in [1.807, 2.05) is 0 Å². The van der Waals surface area contributed by atoms with Gasteiger partial charge >= 0.3 is 0 Å². The van der Waals surface area contributed by atoms with Gasteiger partial charge in [-0.3, -0.25) is 15.2 Å².